The first-order valence-corrected chi connectivity index (χ1v) is 34.5. The molecule has 0 aromatic heterocycles. The Labute approximate surface area is 534 Å². The van der Waals surface area contributed by atoms with Crippen LogP contribution in [0, 0.1) is 0 Å². The molecule has 0 saturated carbocycles. The first-order chi connectivity index (χ1) is 42.8. The first-order valence-electron chi connectivity index (χ1n) is 34.5. The van der Waals surface area contributed by atoms with Crippen LogP contribution in [0.4, 0.5) is 0 Å². The van der Waals surface area contributed by atoms with E-state index in [0.717, 1.165) is 83.5 Å². The molecule has 0 nitrogen and oxygen atoms in total. The molecule has 5 aliphatic rings. The van der Waals surface area contributed by atoms with Gasteiger partial charge in [-0.25, -0.2) is 0 Å². The lowest BCUT2D eigenvalue weighted by Crippen LogP contribution is -2.15. The van der Waals surface area contributed by atoms with Crippen molar-refractivity contribution in [3.05, 3.63) is 303 Å². The van der Waals surface area contributed by atoms with Crippen molar-refractivity contribution in [2.45, 2.75) is 217 Å². The Morgan fingerprint density at radius 2 is 0.636 bits per heavy atom. The fourth-order valence-electron chi connectivity index (χ4n) is 15.2. The number of fused-ring (bicyclic) bond motifs is 1. The van der Waals surface area contributed by atoms with Gasteiger partial charge in [0.2, 0.25) is 0 Å². The van der Waals surface area contributed by atoms with E-state index in [4.69, 9.17) is 0 Å². The third kappa shape index (κ3) is 16.8. The third-order valence-corrected chi connectivity index (χ3v) is 21.5. The van der Waals surface area contributed by atoms with Crippen molar-refractivity contribution in [1.82, 2.24) is 0 Å². The lowest BCUT2D eigenvalue weighted by Gasteiger charge is -2.32. The van der Waals surface area contributed by atoms with Crippen LogP contribution in [0.3, 0.4) is 0 Å². The Hall–Kier alpha value is -7.02. The average molecular weight is 1160 g/mol. The van der Waals surface area contributed by atoms with E-state index in [0.29, 0.717) is 71.0 Å². The molecule has 458 valence electrons. The Kier molecular flexibility index (Phi) is 23.7. The number of hydrogen-bond donors (Lipinski definition) is 0. The summed E-state index contributed by atoms with van der Waals surface area (Å²) in [6.07, 6.45) is 20.2. The second-order valence-corrected chi connectivity index (χ2v) is 27.1. The zero-order valence-corrected chi connectivity index (χ0v) is 55.4. The van der Waals surface area contributed by atoms with Crippen molar-refractivity contribution in [3.8, 4) is 0 Å². The largest absolute Gasteiger partial charge is 0.0985 e. The van der Waals surface area contributed by atoms with Gasteiger partial charge in [-0.2, -0.15) is 0 Å². The molecule has 88 heavy (non-hydrogen) atoms. The summed E-state index contributed by atoms with van der Waals surface area (Å²) in [4.78, 5) is 0. The Bertz CT molecular complexity index is 3370. The summed E-state index contributed by atoms with van der Waals surface area (Å²) in [6, 6.07) is 77.6. The molecule has 0 heterocycles. The van der Waals surface area contributed by atoms with E-state index in [2.05, 4.69) is 276 Å². The molecule has 0 spiro atoms. The second kappa shape index (κ2) is 31.9. The number of hydrogen-bond acceptors (Lipinski definition) is 0. The van der Waals surface area contributed by atoms with Gasteiger partial charge >= 0.3 is 0 Å². The summed E-state index contributed by atoms with van der Waals surface area (Å²) in [5.41, 5.74) is 22.4. The molecule has 8 aromatic rings. The minimum atomic E-state index is 0.324. The predicted octanol–water partition coefficient (Wildman–Crippen LogP) is 25.9. The molecule has 0 saturated heterocycles. The van der Waals surface area contributed by atoms with Crippen molar-refractivity contribution in [3.63, 3.8) is 0 Å². The van der Waals surface area contributed by atoms with Gasteiger partial charge in [-0.1, -0.05) is 294 Å². The van der Waals surface area contributed by atoms with E-state index in [1.54, 1.807) is 0 Å². The smallest absolute Gasteiger partial charge is 0.0150 e. The highest BCUT2D eigenvalue weighted by molar-refractivity contribution is 5.50. The quantitative estimate of drug-likeness (QED) is 0.0905. The molecule has 0 radical (unpaired) electrons. The Morgan fingerprint density at radius 3 is 1.01 bits per heavy atom. The zero-order valence-electron chi connectivity index (χ0n) is 55.4. The number of rotatable bonds is 16. The van der Waals surface area contributed by atoms with E-state index in [1.807, 2.05) is 18.2 Å². The highest BCUT2D eigenvalue weighted by Crippen LogP contribution is 2.47. The molecule has 0 heteroatoms. The van der Waals surface area contributed by atoms with Crippen molar-refractivity contribution < 1.29 is 0 Å². The van der Waals surface area contributed by atoms with Gasteiger partial charge in [-0.15, -0.1) is 0 Å². The normalized spacial score (nSPS) is 23.1. The van der Waals surface area contributed by atoms with Gasteiger partial charge in [0.1, 0.15) is 0 Å². The van der Waals surface area contributed by atoms with Crippen LogP contribution in [0.15, 0.2) is 214 Å². The van der Waals surface area contributed by atoms with Crippen LogP contribution in [0.2, 0.25) is 0 Å². The third-order valence-electron chi connectivity index (χ3n) is 21.5. The van der Waals surface area contributed by atoms with E-state index < -0.39 is 0 Å². The maximum absolute atomic E-state index is 4.17. The molecule has 0 fully saturated rings. The molecular weight excluding hydrogens is 1060 g/mol. The zero-order chi connectivity index (χ0) is 62.1. The molecule has 5 aliphatic carbocycles. The number of aryl methyl sites for hydroxylation is 1. The van der Waals surface area contributed by atoms with Gasteiger partial charge in [-0.05, 0) is 244 Å². The van der Waals surface area contributed by atoms with Crippen LogP contribution in [-0.2, 0) is 6.42 Å². The molecule has 12 atom stereocenters. The maximum Gasteiger partial charge on any atom is -0.0150 e. The molecule has 12 unspecified atom stereocenters. The van der Waals surface area contributed by atoms with E-state index in [1.165, 1.54) is 89.0 Å². The van der Waals surface area contributed by atoms with Gasteiger partial charge in [0.05, 0.1) is 0 Å². The fraction of sp³-hybridized carbons (Fsp3) is 0.386. The first kappa shape index (κ1) is 65.4. The van der Waals surface area contributed by atoms with Crippen molar-refractivity contribution in [1.29, 1.82) is 0 Å². The predicted molar refractivity (Wildman–Crippen MR) is 385 cm³/mol. The topological polar surface area (TPSA) is 0 Å². The molecule has 13 rings (SSSR count). The van der Waals surface area contributed by atoms with Crippen LogP contribution in [0.5, 0.6) is 0 Å². The summed E-state index contributed by atoms with van der Waals surface area (Å²) < 4.78 is 0. The summed E-state index contributed by atoms with van der Waals surface area (Å²) in [7, 11) is 0. The lowest BCUT2D eigenvalue weighted by atomic mass is 9.73. The molecule has 0 aliphatic heterocycles. The monoisotopic (exact) mass is 1160 g/mol. The summed E-state index contributed by atoms with van der Waals surface area (Å²) >= 11 is 0. The average Bonchev–Trinajstić information content (AvgIpc) is 3.61. The van der Waals surface area contributed by atoms with Gasteiger partial charge in [0.15, 0.2) is 0 Å². The van der Waals surface area contributed by atoms with Crippen LogP contribution in [0.25, 0.3) is 18.2 Å². The molecule has 6 bridgehead atoms. The van der Waals surface area contributed by atoms with Crippen LogP contribution in [-0.4, -0.2) is 0 Å². The molecule has 0 N–H and O–H groups in total. The SMILES string of the molecule is C=Cc1ccc(C(CC)CC2CC(C)c3ccc(cc3)C(CC)CC(c3ccc(CC)cc3)CC(C)c3ccc(cc3)C(CC)CC(c3ccc(C=C)cc3)CC(c3ccc(C=C)cc3)CC(c3ccc(C(C)CC)cc3)CC(C)c3ccc2cc3)cc1. The summed E-state index contributed by atoms with van der Waals surface area (Å²) in [5.74, 6) is 4.91. The minimum Gasteiger partial charge on any atom is -0.0985 e. The van der Waals surface area contributed by atoms with Crippen LogP contribution >= 0.6 is 0 Å². The summed E-state index contributed by atoms with van der Waals surface area (Å²) in [6.45, 7) is 34.0. The maximum atomic E-state index is 4.17. The standard InChI is InChI=1S/C88H106/c1-13-61(9)72-37-49-83(50-38-72)86-55-64(12)75-43-51-82(52-44-75)85(56-69(18-6)76-29-21-65(14-2)22-30-76)54-63(11)74-39-45-77(46-40-74)70(19-7)57-84(79-31-23-66(15-3)24-32-79)53-62(10)73-41-47-78(48-42-73)71(20-8)58-87(80-33-25-67(16-4)26-34-80)60-88(59-86)81-35-27-68(17-5)28-36-81/h14,16-17,21-52,61-64,69-71,84-88H,2,4-5,13,15,18-20,53-60H2,1,3,6-12H3. The molecule has 0 amide bonds. The van der Waals surface area contributed by atoms with E-state index >= 15 is 0 Å². The Morgan fingerprint density at radius 1 is 0.330 bits per heavy atom. The van der Waals surface area contributed by atoms with Crippen molar-refractivity contribution >= 4 is 18.2 Å². The highest BCUT2D eigenvalue weighted by atomic mass is 14.3. The molecule has 8 aromatic carbocycles. The van der Waals surface area contributed by atoms with E-state index in [9.17, 15) is 0 Å². The highest BCUT2D eigenvalue weighted by Gasteiger charge is 2.30. The molecular formula is C88H106. The van der Waals surface area contributed by atoms with Crippen molar-refractivity contribution in [2.75, 3.05) is 0 Å². The van der Waals surface area contributed by atoms with Gasteiger partial charge in [-0.3, -0.25) is 0 Å². The van der Waals surface area contributed by atoms with Gasteiger partial charge in [0.25, 0.3) is 0 Å². The summed E-state index contributed by atoms with van der Waals surface area (Å²) in [5, 5.41) is 0. The van der Waals surface area contributed by atoms with Crippen LogP contribution in [0.1, 0.15) is 299 Å². The van der Waals surface area contributed by atoms with Crippen molar-refractivity contribution in [2.24, 2.45) is 0 Å². The van der Waals surface area contributed by atoms with E-state index in [-0.39, 0.29) is 0 Å². The second-order valence-electron chi connectivity index (χ2n) is 27.1. The lowest BCUT2D eigenvalue weighted by molar-refractivity contribution is 0.406. The van der Waals surface area contributed by atoms with Gasteiger partial charge in [0, 0.05) is 0 Å². The Balaban J connectivity index is 1.15. The van der Waals surface area contributed by atoms with Crippen LogP contribution < -0.4 is 0 Å². The van der Waals surface area contributed by atoms with Gasteiger partial charge < -0.3 is 0 Å². The minimum absolute atomic E-state index is 0.324. The fourth-order valence-corrected chi connectivity index (χ4v) is 15.2. The number of benzene rings is 8.